The van der Waals surface area contributed by atoms with Crippen molar-refractivity contribution in [3.05, 3.63) is 65.5 Å². The van der Waals surface area contributed by atoms with Crippen molar-refractivity contribution < 1.29 is 14.0 Å². The minimum atomic E-state index is -0.330. The molecule has 2 atom stereocenters. The van der Waals surface area contributed by atoms with Crippen molar-refractivity contribution in [2.24, 2.45) is 5.92 Å². The molecule has 1 fully saturated rings. The number of halogens is 1. The van der Waals surface area contributed by atoms with Crippen molar-refractivity contribution >= 4 is 17.6 Å². The monoisotopic (exact) mass is 369 g/mol. The fourth-order valence-electron chi connectivity index (χ4n) is 2.82. The van der Waals surface area contributed by atoms with E-state index in [0.29, 0.717) is 5.56 Å². The van der Waals surface area contributed by atoms with E-state index in [4.69, 9.17) is 0 Å². The van der Waals surface area contributed by atoms with E-state index in [2.05, 4.69) is 16.0 Å². The van der Waals surface area contributed by atoms with E-state index in [0.717, 1.165) is 24.1 Å². The number of hydrogen-bond acceptors (Lipinski definition) is 2. The zero-order valence-corrected chi connectivity index (χ0v) is 15.5. The maximum atomic E-state index is 13.3. The van der Waals surface area contributed by atoms with Crippen molar-refractivity contribution in [1.82, 2.24) is 10.6 Å². The summed E-state index contributed by atoms with van der Waals surface area (Å²) in [6, 6.07) is 12.7. The molecule has 0 unspecified atom stereocenters. The number of urea groups is 1. The largest absolute Gasteiger partial charge is 0.332 e. The molecule has 0 saturated heterocycles. The standard InChI is InChI=1S/C21H24FN3O2/c1-13(15-8-10-19(11-9-15)25-20(26)16-6-7-16)23-21(27)24-14(2)17-4-3-5-18(22)12-17/h3-5,8-14,16H,6-7H2,1-2H3,(H,25,26)(H2,23,24,27)/t13-,14+/m0/s1. The Morgan fingerprint density at radius 2 is 1.59 bits per heavy atom. The second-order valence-corrected chi connectivity index (χ2v) is 7.00. The maximum absolute atomic E-state index is 13.3. The summed E-state index contributed by atoms with van der Waals surface area (Å²) in [6.07, 6.45) is 1.93. The van der Waals surface area contributed by atoms with Crippen LogP contribution < -0.4 is 16.0 Å². The van der Waals surface area contributed by atoms with Gasteiger partial charge in [0.2, 0.25) is 5.91 Å². The number of rotatable bonds is 6. The lowest BCUT2D eigenvalue weighted by Crippen LogP contribution is -2.38. The summed E-state index contributed by atoms with van der Waals surface area (Å²) in [5.41, 5.74) is 2.38. The second kappa shape index (κ2) is 8.20. The van der Waals surface area contributed by atoms with Crippen LogP contribution in [0.25, 0.3) is 0 Å². The van der Waals surface area contributed by atoms with Crippen LogP contribution in [0.2, 0.25) is 0 Å². The quantitative estimate of drug-likeness (QED) is 0.711. The summed E-state index contributed by atoms with van der Waals surface area (Å²) >= 11 is 0. The SMILES string of the molecule is C[C@H](NC(=O)N[C@H](C)c1cccc(F)c1)c1ccc(NC(=O)C2CC2)cc1. The molecule has 2 aromatic rings. The van der Waals surface area contributed by atoms with Gasteiger partial charge in [-0.15, -0.1) is 0 Å². The molecular formula is C21H24FN3O2. The lowest BCUT2D eigenvalue weighted by atomic mass is 10.1. The Kier molecular flexibility index (Phi) is 5.74. The Labute approximate surface area is 158 Å². The molecule has 5 nitrogen and oxygen atoms in total. The molecule has 6 heteroatoms. The lowest BCUT2D eigenvalue weighted by Gasteiger charge is -2.19. The molecule has 0 aromatic heterocycles. The Morgan fingerprint density at radius 3 is 2.19 bits per heavy atom. The number of anilines is 1. The van der Waals surface area contributed by atoms with Crippen LogP contribution in [0.15, 0.2) is 48.5 Å². The number of carbonyl (C=O) groups excluding carboxylic acids is 2. The van der Waals surface area contributed by atoms with E-state index in [1.54, 1.807) is 19.1 Å². The molecule has 0 aliphatic heterocycles. The molecular weight excluding hydrogens is 345 g/mol. The van der Waals surface area contributed by atoms with Crippen molar-refractivity contribution in [3.8, 4) is 0 Å². The molecule has 0 spiro atoms. The fourth-order valence-corrected chi connectivity index (χ4v) is 2.82. The third-order valence-electron chi connectivity index (χ3n) is 4.67. The molecule has 0 radical (unpaired) electrons. The highest BCUT2D eigenvalue weighted by molar-refractivity contribution is 5.94. The highest BCUT2D eigenvalue weighted by Gasteiger charge is 2.29. The third kappa shape index (κ3) is 5.29. The first-order chi connectivity index (χ1) is 12.9. The second-order valence-electron chi connectivity index (χ2n) is 7.00. The molecule has 27 heavy (non-hydrogen) atoms. The number of carbonyl (C=O) groups is 2. The molecule has 3 amide bonds. The van der Waals surface area contributed by atoms with E-state index in [-0.39, 0.29) is 35.8 Å². The van der Waals surface area contributed by atoms with E-state index in [1.165, 1.54) is 12.1 Å². The molecule has 0 bridgehead atoms. The van der Waals surface area contributed by atoms with E-state index in [1.807, 2.05) is 31.2 Å². The zero-order valence-electron chi connectivity index (χ0n) is 15.5. The van der Waals surface area contributed by atoms with E-state index < -0.39 is 0 Å². The lowest BCUT2D eigenvalue weighted by molar-refractivity contribution is -0.117. The first kappa shape index (κ1) is 18.9. The van der Waals surface area contributed by atoms with Gasteiger partial charge >= 0.3 is 6.03 Å². The summed E-state index contributed by atoms with van der Waals surface area (Å²) < 4.78 is 13.3. The summed E-state index contributed by atoms with van der Waals surface area (Å²) in [5, 5.41) is 8.57. The van der Waals surface area contributed by atoms with Crippen molar-refractivity contribution in [1.29, 1.82) is 0 Å². The number of benzene rings is 2. The number of nitrogens with one attached hydrogen (secondary N) is 3. The predicted molar refractivity (Wildman–Crippen MR) is 103 cm³/mol. The van der Waals surface area contributed by atoms with Gasteiger partial charge in [0.1, 0.15) is 5.82 Å². The predicted octanol–water partition coefficient (Wildman–Crippen LogP) is 4.30. The van der Waals surface area contributed by atoms with Gasteiger partial charge < -0.3 is 16.0 Å². The van der Waals surface area contributed by atoms with Gasteiger partial charge in [-0.25, -0.2) is 9.18 Å². The summed E-state index contributed by atoms with van der Waals surface area (Å²) in [7, 11) is 0. The molecule has 2 aromatic carbocycles. The number of hydrogen-bond donors (Lipinski definition) is 3. The molecule has 1 aliphatic carbocycles. The normalized spacial score (nSPS) is 15.5. The Hall–Kier alpha value is -2.89. The van der Waals surface area contributed by atoms with Gasteiger partial charge in [0.25, 0.3) is 0 Å². The minimum absolute atomic E-state index is 0.0691. The van der Waals surface area contributed by atoms with Crippen LogP contribution in [0.1, 0.15) is 49.9 Å². The summed E-state index contributed by atoms with van der Waals surface area (Å²) in [6.45, 7) is 3.68. The van der Waals surface area contributed by atoms with Crippen LogP contribution in [-0.2, 0) is 4.79 Å². The highest BCUT2D eigenvalue weighted by atomic mass is 19.1. The van der Waals surface area contributed by atoms with Gasteiger partial charge in [-0.3, -0.25) is 4.79 Å². The van der Waals surface area contributed by atoms with Crippen molar-refractivity contribution in [2.75, 3.05) is 5.32 Å². The molecule has 1 saturated carbocycles. The van der Waals surface area contributed by atoms with Gasteiger partial charge in [0.05, 0.1) is 12.1 Å². The molecule has 0 heterocycles. The number of amides is 3. The van der Waals surface area contributed by atoms with Gasteiger partial charge in [-0.2, -0.15) is 0 Å². The summed E-state index contributed by atoms with van der Waals surface area (Å²) in [5.74, 6) is -0.0996. The van der Waals surface area contributed by atoms with Crippen LogP contribution >= 0.6 is 0 Å². The van der Waals surface area contributed by atoms with Crippen LogP contribution in [-0.4, -0.2) is 11.9 Å². The smallest absolute Gasteiger partial charge is 0.315 e. The van der Waals surface area contributed by atoms with Gasteiger partial charge in [0, 0.05) is 11.6 Å². The first-order valence-electron chi connectivity index (χ1n) is 9.15. The van der Waals surface area contributed by atoms with Crippen LogP contribution in [0.5, 0.6) is 0 Å². The molecule has 1 aliphatic rings. The van der Waals surface area contributed by atoms with Crippen molar-refractivity contribution in [3.63, 3.8) is 0 Å². The Morgan fingerprint density at radius 1 is 0.963 bits per heavy atom. The molecule has 3 rings (SSSR count). The third-order valence-corrected chi connectivity index (χ3v) is 4.67. The summed E-state index contributed by atoms with van der Waals surface area (Å²) in [4.78, 5) is 24.0. The maximum Gasteiger partial charge on any atom is 0.315 e. The Bertz CT molecular complexity index is 818. The fraction of sp³-hybridized carbons (Fsp3) is 0.333. The van der Waals surface area contributed by atoms with E-state index in [9.17, 15) is 14.0 Å². The zero-order chi connectivity index (χ0) is 19.4. The molecule has 3 N–H and O–H groups in total. The Balaban J connectivity index is 1.52. The average molecular weight is 369 g/mol. The van der Waals surface area contributed by atoms with Gasteiger partial charge in [-0.1, -0.05) is 24.3 Å². The van der Waals surface area contributed by atoms with Gasteiger partial charge in [0.15, 0.2) is 0 Å². The van der Waals surface area contributed by atoms with Gasteiger partial charge in [-0.05, 0) is 62.1 Å². The van der Waals surface area contributed by atoms with Crippen LogP contribution in [0.4, 0.5) is 14.9 Å². The van der Waals surface area contributed by atoms with Crippen LogP contribution in [0, 0.1) is 11.7 Å². The van der Waals surface area contributed by atoms with Crippen LogP contribution in [0.3, 0.4) is 0 Å². The first-order valence-corrected chi connectivity index (χ1v) is 9.15. The molecule has 142 valence electrons. The minimum Gasteiger partial charge on any atom is -0.332 e. The average Bonchev–Trinajstić information content (AvgIpc) is 3.47. The topological polar surface area (TPSA) is 70.2 Å². The van der Waals surface area contributed by atoms with E-state index >= 15 is 0 Å². The highest BCUT2D eigenvalue weighted by Crippen LogP contribution is 2.30. The van der Waals surface area contributed by atoms with Crippen molar-refractivity contribution in [2.45, 2.75) is 38.8 Å².